The molecule has 0 saturated heterocycles. The summed E-state index contributed by atoms with van der Waals surface area (Å²) in [4.78, 5) is 72.6. The van der Waals surface area contributed by atoms with Crippen molar-refractivity contribution < 1.29 is 80.2 Å². The number of aliphatic hydroxyl groups excluding tert-OH is 1. The van der Waals surface area contributed by atoms with Crippen molar-refractivity contribution >= 4 is 39.5 Å². The predicted molar refractivity (Wildman–Crippen MR) is 368 cm³/mol. The molecule has 0 saturated carbocycles. The molecule has 0 aliphatic heterocycles. The van der Waals surface area contributed by atoms with Crippen molar-refractivity contribution in [2.75, 3.05) is 39.6 Å². The van der Waals surface area contributed by atoms with E-state index in [4.69, 9.17) is 37.0 Å². The lowest BCUT2D eigenvalue weighted by Crippen LogP contribution is -2.30. The summed E-state index contributed by atoms with van der Waals surface area (Å²) in [6.45, 7) is 11.7. The van der Waals surface area contributed by atoms with Gasteiger partial charge in [0.15, 0.2) is 12.2 Å². The monoisotopic (exact) mass is 1340 g/mol. The fourth-order valence-electron chi connectivity index (χ4n) is 10.9. The Bertz CT molecular complexity index is 1780. The highest BCUT2D eigenvalue weighted by Gasteiger charge is 2.30. The lowest BCUT2D eigenvalue weighted by Gasteiger charge is -2.21. The van der Waals surface area contributed by atoms with Gasteiger partial charge in [-0.25, -0.2) is 9.13 Å². The summed E-state index contributed by atoms with van der Waals surface area (Å²) in [7, 11) is -9.90. The quantitative estimate of drug-likeness (QED) is 0.0222. The lowest BCUT2D eigenvalue weighted by atomic mass is 10.0. The number of carbonyl (C=O) groups excluding carboxylic acids is 4. The van der Waals surface area contributed by atoms with E-state index in [9.17, 15) is 43.2 Å². The van der Waals surface area contributed by atoms with Crippen molar-refractivity contribution in [3.8, 4) is 0 Å². The third-order valence-corrected chi connectivity index (χ3v) is 18.5. The number of hydrogen-bond donors (Lipinski definition) is 3. The minimum atomic E-state index is -4.95. The number of aliphatic hydroxyl groups is 1. The fourth-order valence-corrected chi connectivity index (χ4v) is 12.5. The van der Waals surface area contributed by atoms with Crippen LogP contribution in [0.4, 0.5) is 0 Å². The Kier molecular flexibility index (Phi) is 61.5. The molecule has 0 spiro atoms. The molecule has 91 heavy (non-hydrogen) atoms. The van der Waals surface area contributed by atoms with Crippen LogP contribution in [0.5, 0.6) is 0 Å². The van der Waals surface area contributed by atoms with Gasteiger partial charge in [-0.15, -0.1) is 0 Å². The first kappa shape index (κ1) is 89.1. The Balaban J connectivity index is 5.23. The van der Waals surface area contributed by atoms with Gasteiger partial charge in [0, 0.05) is 25.7 Å². The second-order valence-corrected chi connectivity index (χ2v) is 30.3. The summed E-state index contributed by atoms with van der Waals surface area (Å²) in [5.74, 6) is 0.0298. The van der Waals surface area contributed by atoms with Crippen LogP contribution >= 0.6 is 15.6 Å². The van der Waals surface area contributed by atoms with Gasteiger partial charge in [0.05, 0.1) is 26.4 Å². The van der Waals surface area contributed by atoms with Gasteiger partial charge >= 0.3 is 39.5 Å². The Labute approximate surface area is 556 Å². The summed E-state index contributed by atoms with van der Waals surface area (Å²) in [5.41, 5.74) is 0. The molecule has 0 bridgehead atoms. The number of rotatable bonds is 70. The summed E-state index contributed by atoms with van der Waals surface area (Å²) in [5, 5.41) is 10.6. The van der Waals surface area contributed by atoms with E-state index >= 15 is 0 Å². The van der Waals surface area contributed by atoms with Crippen LogP contribution in [0.15, 0.2) is 0 Å². The molecule has 0 amide bonds. The summed E-state index contributed by atoms with van der Waals surface area (Å²) in [6.07, 6.45) is 47.5. The zero-order chi connectivity index (χ0) is 67.3. The third-order valence-electron chi connectivity index (χ3n) is 16.6. The number of hydrogen-bond acceptors (Lipinski definition) is 15. The van der Waals surface area contributed by atoms with Crippen molar-refractivity contribution in [2.24, 2.45) is 17.8 Å². The van der Waals surface area contributed by atoms with Gasteiger partial charge in [0.1, 0.15) is 19.3 Å². The van der Waals surface area contributed by atoms with Crippen molar-refractivity contribution in [3.63, 3.8) is 0 Å². The molecule has 0 heterocycles. The Morgan fingerprint density at radius 1 is 0.297 bits per heavy atom. The smallest absolute Gasteiger partial charge is 0.462 e. The highest BCUT2D eigenvalue weighted by molar-refractivity contribution is 7.47. The molecule has 0 aromatic heterocycles. The fraction of sp³-hybridized carbons (Fsp3) is 0.944. The molecule has 0 aromatic rings. The Morgan fingerprint density at radius 3 is 0.747 bits per heavy atom. The largest absolute Gasteiger partial charge is 0.472 e. The van der Waals surface area contributed by atoms with Gasteiger partial charge in [0.25, 0.3) is 0 Å². The predicted octanol–water partition coefficient (Wildman–Crippen LogP) is 20.6. The molecule has 2 unspecified atom stereocenters. The van der Waals surface area contributed by atoms with E-state index in [0.717, 1.165) is 102 Å². The maximum Gasteiger partial charge on any atom is 0.472 e. The second-order valence-electron chi connectivity index (χ2n) is 27.4. The number of ether oxygens (including phenoxy) is 4. The molecule has 0 aromatic carbocycles. The maximum absolute atomic E-state index is 13.0. The van der Waals surface area contributed by atoms with Gasteiger partial charge < -0.3 is 33.8 Å². The van der Waals surface area contributed by atoms with Gasteiger partial charge in [-0.1, -0.05) is 312 Å². The number of phosphoric ester groups is 2. The standard InChI is InChI=1S/C72H140O17P2/c1-8-9-10-11-12-13-14-15-16-17-18-19-24-27-32-41-48-55-71(76)88-67(59-82-69(74)53-46-39-31-26-23-21-20-22-25-29-36-43-50-63(2)3)61-86-90(78,79)84-57-66(73)58-85-91(80,81)87-62-68(60-83-70(75)54-47-40-35-34-38-45-52-65(6)7)89-72(77)56-49-42-33-28-30-37-44-51-64(4)5/h63-68,73H,8-62H2,1-7H3,(H,78,79)(H,80,81)/t66-,67-,68-/m1/s1. The first-order chi connectivity index (χ1) is 43.7. The highest BCUT2D eigenvalue weighted by Crippen LogP contribution is 2.45. The summed E-state index contributed by atoms with van der Waals surface area (Å²) >= 11 is 0. The number of esters is 4. The van der Waals surface area contributed by atoms with E-state index < -0.39 is 97.5 Å². The minimum absolute atomic E-state index is 0.102. The van der Waals surface area contributed by atoms with E-state index in [2.05, 4.69) is 48.5 Å². The molecule has 0 aliphatic rings. The number of carbonyl (C=O) groups is 4. The summed E-state index contributed by atoms with van der Waals surface area (Å²) < 4.78 is 68.3. The molecule has 0 rings (SSSR count). The van der Waals surface area contributed by atoms with Gasteiger partial charge in [-0.05, 0) is 43.4 Å². The van der Waals surface area contributed by atoms with Crippen LogP contribution in [-0.4, -0.2) is 96.7 Å². The third kappa shape index (κ3) is 66.5. The highest BCUT2D eigenvalue weighted by atomic mass is 31.2. The van der Waals surface area contributed by atoms with Crippen molar-refractivity contribution in [1.29, 1.82) is 0 Å². The van der Waals surface area contributed by atoms with Crippen molar-refractivity contribution in [3.05, 3.63) is 0 Å². The first-order valence-electron chi connectivity index (χ1n) is 37.3. The lowest BCUT2D eigenvalue weighted by molar-refractivity contribution is -0.161. The molecule has 19 heteroatoms. The topological polar surface area (TPSA) is 237 Å². The Morgan fingerprint density at radius 2 is 0.505 bits per heavy atom. The molecule has 5 atom stereocenters. The zero-order valence-electron chi connectivity index (χ0n) is 59.3. The van der Waals surface area contributed by atoms with Gasteiger partial charge in [-0.3, -0.25) is 37.3 Å². The maximum atomic E-state index is 13.0. The van der Waals surface area contributed by atoms with Crippen LogP contribution in [-0.2, 0) is 65.4 Å². The molecular formula is C72H140O17P2. The Hall–Kier alpha value is -1.94. The van der Waals surface area contributed by atoms with Crippen LogP contribution < -0.4 is 0 Å². The van der Waals surface area contributed by atoms with Crippen LogP contribution in [0.1, 0.15) is 363 Å². The summed E-state index contributed by atoms with van der Waals surface area (Å²) in [6, 6.07) is 0. The number of unbranched alkanes of at least 4 members (excludes halogenated alkanes) is 38. The van der Waals surface area contributed by atoms with Gasteiger partial charge in [0.2, 0.25) is 0 Å². The van der Waals surface area contributed by atoms with E-state index in [1.807, 2.05) is 0 Å². The van der Waals surface area contributed by atoms with Crippen LogP contribution in [0.2, 0.25) is 0 Å². The molecule has 540 valence electrons. The van der Waals surface area contributed by atoms with Crippen molar-refractivity contribution in [1.82, 2.24) is 0 Å². The minimum Gasteiger partial charge on any atom is -0.462 e. The first-order valence-corrected chi connectivity index (χ1v) is 40.3. The van der Waals surface area contributed by atoms with Crippen LogP contribution in [0, 0.1) is 17.8 Å². The average molecular weight is 1340 g/mol. The molecule has 17 nitrogen and oxygen atoms in total. The van der Waals surface area contributed by atoms with Crippen LogP contribution in [0.25, 0.3) is 0 Å². The SMILES string of the molecule is CCCCCCCCCCCCCCCCCCCC(=O)O[C@H](COC(=O)CCCCCCCCCCCCCCC(C)C)COP(=O)(O)OC[C@@H](O)COP(=O)(O)OC[C@@H](COC(=O)CCCCCCCCC(C)C)OC(=O)CCCCCCCCCC(C)C. The molecule has 0 fully saturated rings. The molecule has 0 aliphatic carbocycles. The van der Waals surface area contributed by atoms with E-state index in [1.54, 1.807) is 0 Å². The molecule has 3 N–H and O–H groups in total. The molecule has 0 radical (unpaired) electrons. The van der Waals surface area contributed by atoms with Crippen molar-refractivity contribution in [2.45, 2.75) is 381 Å². The van der Waals surface area contributed by atoms with E-state index in [1.165, 1.54) is 167 Å². The van der Waals surface area contributed by atoms with Gasteiger partial charge in [-0.2, -0.15) is 0 Å². The van der Waals surface area contributed by atoms with Crippen LogP contribution in [0.3, 0.4) is 0 Å². The molecular weight excluding hydrogens is 1200 g/mol. The number of phosphoric acid groups is 2. The zero-order valence-corrected chi connectivity index (χ0v) is 61.1. The second kappa shape index (κ2) is 62.8. The average Bonchev–Trinajstić information content (AvgIpc) is 3.55. The van der Waals surface area contributed by atoms with E-state index in [0.29, 0.717) is 37.5 Å². The normalized spacial score (nSPS) is 14.2. The van der Waals surface area contributed by atoms with E-state index in [-0.39, 0.29) is 25.7 Å².